The zero-order valence-corrected chi connectivity index (χ0v) is 13.3. The lowest BCUT2D eigenvalue weighted by molar-refractivity contribution is 0.658. The first kappa shape index (κ1) is 14.5. The molecule has 1 unspecified atom stereocenters. The summed E-state index contributed by atoms with van der Waals surface area (Å²) in [5.74, 6) is 1.88. The molecule has 6 heteroatoms. The van der Waals surface area contributed by atoms with E-state index in [-0.39, 0.29) is 0 Å². The van der Waals surface area contributed by atoms with E-state index in [9.17, 15) is 4.21 Å². The number of benzene rings is 1. The van der Waals surface area contributed by atoms with E-state index in [1.165, 1.54) is 0 Å². The molecule has 0 bridgehead atoms. The summed E-state index contributed by atoms with van der Waals surface area (Å²) in [6.07, 6.45) is 4.37. The molecule has 0 fully saturated rings. The van der Waals surface area contributed by atoms with Gasteiger partial charge in [0.25, 0.3) is 0 Å². The Hall–Kier alpha value is -1.46. The molecule has 2 heterocycles. The van der Waals surface area contributed by atoms with Crippen LogP contribution >= 0.6 is 11.6 Å². The van der Waals surface area contributed by atoms with Gasteiger partial charge in [0.2, 0.25) is 0 Å². The fourth-order valence-corrected chi connectivity index (χ4v) is 3.32. The lowest BCUT2D eigenvalue weighted by Gasteiger charge is -2.08. The van der Waals surface area contributed by atoms with Crippen molar-refractivity contribution in [3.8, 4) is 0 Å². The second-order valence-electron chi connectivity index (χ2n) is 4.95. The third-order valence-corrected chi connectivity index (χ3v) is 4.59. The average Bonchev–Trinajstić information content (AvgIpc) is 2.85. The normalized spacial score (nSPS) is 13.0. The minimum absolute atomic E-state index is 0.359. The van der Waals surface area contributed by atoms with Gasteiger partial charge in [0.15, 0.2) is 0 Å². The van der Waals surface area contributed by atoms with Gasteiger partial charge in [-0.3, -0.25) is 9.19 Å². The van der Waals surface area contributed by atoms with Gasteiger partial charge in [0, 0.05) is 34.7 Å². The highest BCUT2D eigenvalue weighted by atomic mass is 35.5. The number of fused-ring (bicyclic) bond motifs is 3. The first-order valence-electron chi connectivity index (χ1n) is 6.79. The largest absolute Gasteiger partial charge is 0.326 e. The highest BCUT2D eigenvalue weighted by Gasteiger charge is 2.13. The van der Waals surface area contributed by atoms with E-state index in [1.54, 1.807) is 12.5 Å². The minimum atomic E-state index is -0.776. The molecule has 3 aromatic rings. The van der Waals surface area contributed by atoms with E-state index in [0.717, 1.165) is 40.7 Å². The second kappa shape index (κ2) is 6.12. The van der Waals surface area contributed by atoms with Gasteiger partial charge in [-0.15, -0.1) is 11.6 Å². The summed E-state index contributed by atoms with van der Waals surface area (Å²) < 4.78 is 13.4. The van der Waals surface area contributed by atoms with Crippen molar-refractivity contribution in [1.29, 1.82) is 0 Å². The van der Waals surface area contributed by atoms with Crippen LogP contribution in [0.5, 0.6) is 0 Å². The molecule has 0 aliphatic rings. The van der Waals surface area contributed by atoms with Gasteiger partial charge >= 0.3 is 0 Å². The summed E-state index contributed by atoms with van der Waals surface area (Å²) in [5.41, 5.74) is 2.88. The van der Waals surface area contributed by atoms with Crippen LogP contribution in [0.25, 0.3) is 21.9 Å². The van der Waals surface area contributed by atoms with Crippen LogP contribution < -0.4 is 0 Å². The predicted molar refractivity (Wildman–Crippen MR) is 88.1 cm³/mol. The van der Waals surface area contributed by atoms with Crippen LogP contribution in [-0.2, 0) is 23.2 Å². The summed E-state index contributed by atoms with van der Waals surface area (Å²) in [4.78, 5) is 9.01. The molecular weight excluding hydrogens is 306 g/mol. The molecule has 2 aromatic heterocycles. The maximum Gasteiger partial charge on any atom is 0.124 e. The molecule has 3 rings (SSSR count). The Morgan fingerprint density at radius 3 is 2.86 bits per heavy atom. The van der Waals surface area contributed by atoms with Crippen LogP contribution in [0.1, 0.15) is 12.2 Å². The molecule has 1 aromatic carbocycles. The third-order valence-electron chi connectivity index (χ3n) is 3.49. The van der Waals surface area contributed by atoms with Crippen molar-refractivity contribution >= 4 is 44.3 Å². The number of rotatable bonds is 5. The zero-order chi connectivity index (χ0) is 14.8. The molecule has 0 aliphatic carbocycles. The maximum absolute atomic E-state index is 11.3. The van der Waals surface area contributed by atoms with E-state index in [2.05, 4.69) is 20.6 Å². The van der Waals surface area contributed by atoms with E-state index in [1.807, 2.05) is 18.2 Å². The quantitative estimate of drug-likeness (QED) is 0.678. The first-order valence-corrected chi connectivity index (χ1v) is 9.05. The van der Waals surface area contributed by atoms with Crippen molar-refractivity contribution in [3.63, 3.8) is 0 Å². The summed E-state index contributed by atoms with van der Waals surface area (Å²) in [6, 6.07) is 8.03. The van der Waals surface area contributed by atoms with E-state index >= 15 is 0 Å². The van der Waals surface area contributed by atoms with Crippen molar-refractivity contribution in [3.05, 3.63) is 36.3 Å². The molecular formula is C15H16ClN3OS. The number of aromatic nitrogens is 3. The monoisotopic (exact) mass is 321 g/mol. The number of hydrogen-bond donors (Lipinski definition) is 0. The van der Waals surface area contributed by atoms with Gasteiger partial charge in [0.1, 0.15) is 11.3 Å². The van der Waals surface area contributed by atoms with Gasteiger partial charge < -0.3 is 4.57 Å². The number of aryl methyl sites for hydroxylation is 1. The highest BCUT2D eigenvalue weighted by Crippen LogP contribution is 2.25. The van der Waals surface area contributed by atoms with Crippen LogP contribution in [0, 0.1) is 0 Å². The number of imidazole rings is 1. The summed E-state index contributed by atoms with van der Waals surface area (Å²) >= 11 is 6.03. The van der Waals surface area contributed by atoms with Gasteiger partial charge in [-0.05, 0) is 12.5 Å². The van der Waals surface area contributed by atoms with Gasteiger partial charge in [-0.2, -0.15) is 0 Å². The fourth-order valence-electron chi connectivity index (χ4n) is 2.58. The molecule has 0 radical (unpaired) electrons. The lowest BCUT2D eigenvalue weighted by Crippen LogP contribution is -2.06. The van der Waals surface area contributed by atoms with E-state index in [0.29, 0.717) is 11.6 Å². The van der Waals surface area contributed by atoms with Crippen molar-refractivity contribution in [2.45, 2.75) is 18.8 Å². The number of pyridine rings is 1. The summed E-state index contributed by atoms with van der Waals surface area (Å²) in [5, 5.41) is 1.08. The Labute approximate surface area is 130 Å². The van der Waals surface area contributed by atoms with Gasteiger partial charge in [-0.1, -0.05) is 18.2 Å². The van der Waals surface area contributed by atoms with Gasteiger partial charge in [0.05, 0.1) is 23.1 Å². The number of para-hydroxylation sites is 1. The van der Waals surface area contributed by atoms with Crippen LogP contribution in [0.3, 0.4) is 0 Å². The molecule has 0 spiro atoms. The molecule has 0 aliphatic heterocycles. The minimum Gasteiger partial charge on any atom is -0.326 e. The molecule has 0 saturated carbocycles. The lowest BCUT2D eigenvalue weighted by atomic mass is 10.2. The number of alkyl halides is 1. The van der Waals surface area contributed by atoms with Crippen molar-refractivity contribution in [1.82, 2.24) is 14.5 Å². The Bertz CT molecular complexity index is 815. The first-order chi connectivity index (χ1) is 10.2. The molecule has 110 valence electrons. The van der Waals surface area contributed by atoms with Crippen LogP contribution in [-0.4, -0.2) is 30.8 Å². The zero-order valence-electron chi connectivity index (χ0n) is 11.8. The van der Waals surface area contributed by atoms with Crippen LogP contribution in [0.4, 0.5) is 0 Å². The number of halogens is 1. The highest BCUT2D eigenvalue weighted by molar-refractivity contribution is 7.84. The topological polar surface area (TPSA) is 47.8 Å². The Morgan fingerprint density at radius 2 is 2.10 bits per heavy atom. The number of hydrogen-bond acceptors (Lipinski definition) is 3. The standard InChI is InChI=1S/C15H16ClN3OS/c1-21(20)8-4-7-19-14(9-16)18-13-10-17-12-6-3-2-5-11(12)15(13)19/h2-3,5-6,10H,4,7-9H2,1H3. The maximum atomic E-state index is 11.3. The summed E-state index contributed by atoms with van der Waals surface area (Å²) in [7, 11) is -0.776. The van der Waals surface area contributed by atoms with Crippen molar-refractivity contribution < 1.29 is 4.21 Å². The molecule has 4 nitrogen and oxygen atoms in total. The van der Waals surface area contributed by atoms with Crippen molar-refractivity contribution in [2.75, 3.05) is 12.0 Å². The Kier molecular flexibility index (Phi) is 4.22. The third kappa shape index (κ3) is 2.80. The SMILES string of the molecule is CS(=O)CCCn1c(CCl)nc2cnc3ccccc3c21. The molecule has 1 atom stereocenters. The average molecular weight is 322 g/mol. The molecule has 0 amide bonds. The van der Waals surface area contributed by atoms with Gasteiger partial charge in [-0.25, -0.2) is 4.98 Å². The Morgan fingerprint density at radius 1 is 1.29 bits per heavy atom. The summed E-state index contributed by atoms with van der Waals surface area (Å²) in [6.45, 7) is 0.770. The van der Waals surface area contributed by atoms with E-state index < -0.39 is 10.8 Å². The van der Waals surface area contributed by atoms with Crippen molar-refractivity contribution in [2.24, 2.45) is 0 Å². The molecule has 21 heavy (non-hydrogen) atoms. The fraction of sp³-hybridized carbons (Fsp3) is 0.333. The smallest absolute Gasteiger partial charge is 0.124 e. The van der Waals surface area contributed by atoms with Crippen LogP contribution in [0.15, 0.2) is 30.5 Å². The molecule has 0 N–H and O–H groups in total. The Balaban J connectivity index is 2.14. The number of nitrogens with zero attached hydrogens (tertiary/aromatic N) is 3. The molecule has 0 saturated heterocycles. The van der Waals surface area contributed by atoms with Crippen LogP contribution in [0.2, 0.25) is 0 Å². The predicted octanol–water partition coefficient (Wildman–Crippen LogP) is 3.09. The van der Waals surface area contributed by atoms with E-state index in [4.69, 9.17) is 11.6 Å². The second-order valence-corrected chi connectivity index (χ2v) is 6.78.